The van der Waals surface area contributed by atoms with Gasteiger partial charge >= 0.3 is 0 Å². The monoisotopic (exact) mass is 414 g/mol. The molecule has 160 valence electrons. The van der Waals surface area contributed by atoms with Gasteiger partial charge in [-0.1, -0.05) is 36.4 Å². The Balaban J connectivity index is 1.57. The summed E-state index contributed by atoms with van der Waals surface area (Å²) in [7, 11) is 1.68. The van der Waals surface area contributed by atoms with Crippen molar-refractivity contribution < 1.29 is 9.53 Å². The SMILES string of the molecule is COCc1ccc(C(=O)N2CCC[C@@H]2c2cc(Cc3ccccc3C)cc(C)n2)cc1. The second-order valence-electron chi connectivity index (χ2n) is 8.43. The Kier molecular flexibility index (Phi) is 6.47. The van der Waals surface area contributed by atoms with E-state index in [0.717, 1.165) is 48.3 Å². The van der Waals surface area contributed by atoms with Crippen LogP contribution in [-0.4, -0.2) is 29.4 Å². The molecule has 1 aromatic heterocycles. The number of aromatic nitrogens is 1. The first-order chi connectivity index (χ1) is 15.0. The van der Waals surface area contributed by atoms with E-state index in [1.807, 2.05) is 36.1 Å². The molecule has 2 heterocycles. The van der Waals surface area contributed by atoms with E-state index in [4.69, 9.17) is 9.72 Å². The van der Waals surface area contributed by atoms with E-state index in [-0.39, 0.29) is 11.9 Å². The van der Waals surface area contributed by atoms with Crippen LogP contribution in [0.2, 0.25) is 0 Å². The fraction of sp³-hybridized carbons (Fsp3) is 0.333. The minimum Gasteiger partial charge on any atom is -0.380 e. The van der Waals surface area contributed by atoms with Gasteiger partial charge in [-0.2, -0.15) is 0 Å². The Bertz CT molecular complexity index is 1060. The summed E-state index contributed by atoms with van der Waals surface area (Å²) in [6.07, 6.45) is 2.83. The third-order valence-electron chi connectivity index (χ3n) is 6.06. The number of benzene rings is 2. The lowest BCUT2D eigenvalue weighted by Gasteiger charge is -2.25. The van der Waals surface area contributed by atoms with E-state index >= 15 is 0 Å². The predicted octanol–water partition coefficient (Wildman–Crippen LogP) is 5.41. The van der Waals surface area contributed by atoms with Gasteiger partial charge in [0.15, 0.2) is 0 Å². The van der Waals surface area contributed by atoms with Gasteiger partial charge in [0.1, 0.15) is 0 Å². The minimum absolute atomic E-state index is 0.0293. The number of ether oxygens (including phenoxy) is 1. The number of carbonyl (C=O) groups excluding carboxylic acids is 1. The molecule has 0 spiro atoms. The standard InChI is InChI=1S/C27H30N2O2/c1-19-7-4-5-8-24(19)16-22-15-20(2)28-25(17-22)26-9-6-14-29(26)27(30)23-12-10-21(11-13-23)18-31-3/h4-5,7-8,10-13,15,17,26H,6,9,14,16,18H2,1-3H3/t26-/m1/s1. The van der Waals surface area contributed by atoms with E-state index in [9.17, 15) is 4.79 Å². The highest BCUT2D eigenvalue weighted by molar-refractivity contribution is 5.94. The molecule has 1 atom stereocenters. The quantitative estimate of drug-likeness (QED) is 0.541. The molecule has 0 N–H and O–H groups in total. The smallest absolute Gasteiger partial charge is 0.254 e. The fourth-order valence-electron chi connectivity index (χ4n) is 4.46. The number of hydrogen-bond donors (Lipinski definition) is 0. The first-order valence-electron chi connectivity index (χ1n) is 11.0. The van der Waals surface area contributed by atoms with Crippen molar-refractivity contribution in [3.63, 3.8) is 0 Å². The van der Waals surface area contributed by atoms with Gasteiger partial charge in [0.05, 0.1) is 18.3 Å². The second-order valence-corrected chi connectivity index (χ2v) is 8.43. The first-order valence-corrected chi connectivity index (χ1v) is 11.0. The van der Waals surface area contributed by atoms with Crippen molar-refractivity contribution in [2.24, 2.45) is 0 Å². The van der Waals surface area contributed by atoms with E-state index < -0.39 is 0 Å². The lowest BCUT2D eigenvalue weighted by molar-refractivity contribution is 0.0732. The molecule has 2 aromatic carbocycles. The van der Waals surface area contributed by atoms with Crippen LogP contribution in [-0.2, 0) is 17.8 Å². The molecular formula is C27H30N2O2. The fourth-order valence-corrected chi connectivity index (χ4v) is 4.46. The molecule has 1 amide bonds. The molecule has 4 rings (SSSR count). The normalized spacial score (nSPS) is 16.0. The van der Waals surface area contributed by atoms with Gasteiger partial charge in [-0.15, -0.1) is 0 Å². The number of rotatable bonds is 6. The third-order valence-corrected chi connectivity index (χ3v) is 6.06. The number of hydrogen-bond acceptors (Lipinski definition) is 3. The summed E-state index contributed by atoms with van der Waals surface area (Å²) in [5.74, 6) is 0.0789. The summed E-state index contributed by atoms with van der Waals surface area (Å²) < 4.78 is 5.17. The first kappa shape index (κ1) is 21.3. The van der Waals surface area contributed by atoms with Gasteiger partial charge < -0.3 is 9.64 Å². The predicted molar refractivity (Wildman–Crippen MR) is 123 cm³/mol. The Labute approximate surface area is 184 Å². The van der Waals surface area contributed by atoms with Crippen LogP contribution in [0.25, 0.3) is 0 Å². The zero-order valence-corrected chi connectivity index (χ0v) is 18.6. The van der Waals surface area contributed by atoms with Gasteiger partial charge in [-0.3, -0.25) is 9.78 Å². The molecule has 0 bridgehead atoms. The Morgan fingerprint density at radius 2 is 1.84 bits per heavy atom. The van der Waals surface area contributed by atoms with Crippen LogP contribution in [0.3, 0.4) is 0 Å². The maximum Gasteiger partial charge on any atom is 0.254 e. The molecule has 1 aliphatic rings. The average molecular weight is 415 g/mol. The number of methoxy groups -OCH3 is 1. The molecule has 3 aromatic rings. The van der Waals surface area contributed by atoms with Crippen molar-refractivity contribution in [3.05, 3.63) is 99.9 Å². The van der Waals surface area contributed by atoms with E-state index in [1.165, 1.54) is 16.7 Å². The molecule has 1 aliphatic heterocycles. The van der Waals surface area contributed by atoms with Gasteiger partial charge in [0, 0.05) is 24.9 Å². The Morgan fingerprint density at radius 3 is 2.58 bits per heavy atom. The molecule has 4 nitrogen and oxygen atoms in total. The summed E-state index contributed by atoms with van der Waals surface area (Å²) in [4.78, 5) is 20.1. The molecular weight excluding hydrogens is 384 g/mol. The van der Waals surface area contributed by atoms with Crippen molar-refractivity contribution in [2.45, 2.75) is 45.8 Å². The van der Waals surface area contributed by atoms with Crippen molar-refractivity contribution >= 4 is 5.91 Å². The van der Waals surface area contributed by atoms with Gasteiger partial charge in [-0.05, 0) is 79.6 Å². The summed E-state index contributed by atoms with van der Waals surface area (Å²) in [5.41, 5.74) is 7.68. The maximum absolute atomic E-state index is 13.3. The molecule has 1 fully saturated rings. The van der Waals surface area contributed by atoms with Crippen molar-refractivity contribution in [3.8, 4) is 0 Å². The molecule has 0 aliphatic carbocycles. The summed E-state index contributed by atoms with van der Waals surface area (Å²) in [6, 6.07) is 20.6. The summed E-state index contributed by atoms with van der Waals surface area (Å²) in [5, 5.41) is 0. The van der Waals surface area contributed by atoms with Crippen LogP contribution in [0.5, 0.6) is 0 Å². The van der Waals surface area contributed by atoms with Gasteiger partial charge in [0.2, 0.25) is 0 Å². The van der Waals surface area contributed by atoms with Crippen molar-refractivity contribution in [2.75, 3.05) is 13.7 Å². The van der Waals surface area contributed by atoms with Crippen LogP contribution in [0.4, 0.5) is 0 Å². The third kappa shape index (κ3) is 4.86. The number of pyridine rings is 1. The Morgan fingerprint density at radius 1 is 1.06 bits per heavy atom. The largest absolute Gasteiger partial charge is 0.380 e. The lowest BCUT2D eigenvalue weighted by Crippen LogP contribution is -2.31. The zero-order chi connectivity index (χ0) is 21.8. The zero-order valence-electron chi connectivity index (χ0n) is 18.6. The second kappa shape index (κ2) is 9.44. The van der Waals surface area contributed by atoms with E-state index in [1.54, 1.807) is 7.11 Å². The van der Waals surface area contributed by atoms with E-state index in [0.29, 0.717) is 6.61 Å². The highest BCUT2D eigenvalue weighted by Gasteiger charge is 2.31. The van der Waals surface area contributed by atoms with Crippen LogP contribution in [0.15, 0.2) is 60.7 Å². The van der Waals surface area contributed by atoms with Crippen molar-refractivity contribution in [1.82, 2.24) is 9.88 Å². The Hall–Kier alpha value is -2.98. The number of nitrogens with zero attached hydrogens (tertiary/aromatic N) is 2. The highest BCUT2D eigenvalue weighted by Crippen LogP contribution is 2.33. The van der Waals surface area contributed by atoms with Crippen LogP contribution in [0.1, 0.15) is 62.9 Å². The van der Waals surface area contributed by atoms with Gasteiger partial charge in [-0.25, -0.2) is 0 Å². The molecule has 0 radical (unpaired) electrons. The van der Waals surface area contributed by atoms with Crippen LogP contribution >= 0.6 is 0 Å². The molecule has 31 heavy (non-hydrogen) atoms. The number of likely N-dealkylation sites (tertiary alicyclic amines) is 1. The topological polar surface area (TPSA) is 42.4 Å². The number of aryl methyl sites for hydroxylation is 2. The molecule has 4 heteroatoms. The summed E-state index contributed by atoms with van der Waals surface area (Å²) >= 11 is 0. The van der Waals surface area contributed by atoms with Crippen LogP contribution in [0, 0.1) is 13.8 Å². The molecule has 0 unspecified atom stereocenters. The number of carbonyl (C=O) groups is 1. The average Bonchev–Trinajstić information content (AvgIpc) is 3.25. The molecule has 0 saturated carbocycles. The van der Waals surface area contributed by atoms with Gasteiger partial charge in [0.25, 0.3) is 5.91 Å². The van der Waals surface area contributed by atoms with Crippen LogP contribution < -0.4 is 0 Å². The summed E-state index contributed by atoms with van der Waals surface area (Å²) in [6.45, 7) is 5.52. The maximum atomic E-state index is 13.3. The molecule has 1 saturated heterocycles. The number of amides is 1. The van der Waals surface area contributed by atoms with Crippen molar-refractivity contribution in [1.29, 1.82) is 0 Å². The minimum atomic E-state index is 0.0293. The highest BCUT2D eigenvalue weighted by atomic mass is 16.5. The van der Waals surface area contributed by atoms with E-state index in [2.05, 4.69) is 43.3 Å². The lowest BCUT2D eigenvalue weighted by atomic mass is 9.98.